The molecule has 0 radical (unpaired) electrons. The van der Waals surface area contributed by atoms with Gasteiger partial charge in [0.15, 0.2) is 4.83 Å². The minimum Gasteiger partial charge on any atom is -0.267 e. The average molecular weight is 396 g/mol. The first kappa shape index (κ1) is 19.3. The highest BCUT2D eigenvalue weighted by Crippen LogP contribution is 2.41. The van der Waals surface area contributed by atoms with Crippen molar-refractivity contribution in [2.45, 2.75) is 66.3 Å². The summed E-state index contributed by atoms with van der Waals surface area (Å²) in [4.78, 5) is 15.3. The second-order valence-electron chi connectivity index (χ2n) is 9.44. The Morgan fingerprint density at radius 1 is 1.21 bits per heavy atom. The molecule has 1 aliphatic carbocycles. The Labute approximate surface area is 170 Å². The van der Waals surface area contributed by atoms with Gasteiger partial charge in [-0.05, 0) is 53.2 Å². The van der Waals surface area contributed by atoms with Gasteiger partial charge < -0.3 is 0 Å². The lowest BCUT2D eigenvalue weighted by molar-refractivity contribution is 0.218. The molecule has 0 bridgehead atoms. The van der Waals surface area contributed by atoms with Crippen LogP contribution in [-0.2, 0) is 19.4 Å². The number of rotatable bonds is 3. The number of hydrogen-bond donors (Lipinski definition) is 0. The Morgan fingerprint density at radius 3 is 2.57 bits per heavy atom. The standard InChI is InChI=1S/C23H29N3OS/c1-14(2)16-8-6-15(7-9-16)13-26-22(27)20-18-11-10-17(23(3,4)5)12-19(18)28-21(20)24-25-26/h6-9,14,17H,10-13H2,1-5H3. The Balaban J connectivity index is 1.67. The fourth-order valence-corrected chi connectivity index (χ4v) is 5.39. The summed E-state index contributed by atoms with van der Waals surface area (Å²) in [7, 11) is 0. The first-order valence-electron chi connectivity index (χ1n) is 10.2. The maximum absolute atomic E-state index is 13.2. The summed E-state index contributed by atoms with van der Waals surface area (Å²) in [6.07, 6.45) is 3.16. The third-order valence-electron chi connectivity index (χ3n) is 6.14. The van der Waals surface area contributed by atoms with Crippen LogP contribution in [0.1, 0.15) is 68.5 Å². The zero-order chi connectivity index (χ0) is 20.1. The van der Waals surface area contributed by atoms with E-state index in [9.17, 15) is 4.79 Å². The van der Waals surface area contributed by atoms with Gasteiger partial charge in [-0.15, -0.1) is 16.4 Å². The highest BCUT2D eigenvalue weighted by atomic mass is 32.1. The summed E-state index contributed by atoms with van der Waals surface area (Å²) in [5.74, 6) is 1.16. The number of thiophene rings is 1. The van der Waals surface area contributed by atoms with Crippen LogP contribution < -0.4 is 5.56 Å². The Bertz CT molecular complexity index is 1050. The zero-order valence-corrected chi connectivity index (χ0v) is 18.3. The Hall–Kier alpha value is -2.01. The van der Waals surface area contributed by atoms with Crippen molar-refractivity contribution in [3.05, 3.63) is 56.2 Å². The molecule has 0 spiro atoms. The number of fused-ring (bicyclic) bond motifs is 3. The second kappa shape index (κ2) is 7.11. The monoisotopic (exact) mass is 395 g/mol. The van der Waals surface area contributed by atoms with Crippen molar-refractivity contribution in [3.63, 3.8) is 0 Å². The molecule has 5 heteroatoms. The van der Waals surface area contributed by atoms with Crippen molar-refractivity contribution < 1.29 is 0 Å². The molecule has 3 aromatic rings. The maximum Gasteiger partial charge on any atom is 0.279 e. The summed E-state index contributed by atoms with van der Waals surface area (Å²) < 4.78 is 1.52. The minimum atomic E-state index is 0.00430. The summed E-state index contributed by atoms with van der Waals surface area (Å²) in [6, 6.07) is 8.45. The van der Waals surface area contributed by atoms with Crippen LogP contribution >= 0.6 is 11.3 Å². The molecule has 0 N–H and O–H groups in total. The lowest BCUT2D eigenvalue weighted by Crippen LogP contribution is -2.28. The van der Waals surface area contributed by atoms with Crippen LogP contribution in [0.5, 0.6) is 0 Å². The molecule has 4 rings (SSSR count). The van der Waals surface area contributed by atoms with E-state index >= 15 is 0 Å². The molecule has 2 aromatic heterocycles. The molecule has 0 fully saturated rings. The van der Waals surface area contributed by atoms with Crippen molar-refractivity contribution in [2.24, 2.45) is 11.3 Å². The summed E-state index contributed by atoms with van der Waals surface area (Å²) in [5.41, 5.74) is 3.91. The zero-order valence-electron chi connectivity index (χ0n) is 17.5. The van der Waals surface area contributed by atoms with Gasteiger partial charge in [0.25, 0.3) is 5.56 Å². The number of hydrogen-bond acceptors (Lipinski definition) is 4. The predicted octanol–water partition coefficient (Wildman–Crippen LogP) is 5.18. The van der Waals surface area contributed by atoms with Crippen molar-refractivity contribution >= 4 is 21.6 Å². The molecule has 0 saturated heterocycles. The normalized spacial score (nSPS) is 17.3. The van der Waals surface area contributed by atoms with Gasteiger partial charge in [0, 0.05) is 4.88 Å². The fraction of sp³-hybridized carbons (Fsp3) is 0.522. The third-order valence-corrected chi connectivity index (χ3v) is 7.28. The van der Waals surface area contributed by atoms with Crippen LogP contribution in [0.15, 0.2) is 29.1 Å². The topological polar surface area (TPSA) is 47.8 Å². The van der Waals surface area contributed by atoms with Gasteiger partial charge in [0.05, 0.1) is 11.9 Å². The SMILES string of the molecule is CC(C)c1ccc(Cn2nnc3sc4c(c3c2=O)CCC(C(C)(C)C)C4)cc1. The van der Waals surface area contributed by atoms with E-state index in [0.29, 0.717) is 23.8 Å². The maximum atomic E-state index is 13.2. The molecule has 1 aromatic carbocycles. The van der Waals surface area contributed by atoms with E-state index in [-0.39, 0.29) is 5.56 Å². The van der Waals surface area contributed by atoms with Crippen LogP contribution in [0.3, 0.4) is 0 Å². The summed E-state index contributed by atoms with van der Waals surface area (Å²) in [5, 5.41) is 9.45. The Morgan fingerprint density at radius 2 is 1.93 bits per heavy atom. The molecule has 1 unspecified atom stereocenters. The van der Waals surface area contributed by atoms with Crippen LogP contribution in [0.2, 0.25) is 0 Å². The molecule has 4 nitrogen and oxygen atoms in total. The highest BCUT2D eigenvalue weighted by molar-refractivity contribution is 7.18. The molecule has 0 aliphatic heterocycles. The van der Waals surface area contributed by atoms with Crippen molar-refractivity contribution in [1.29, 1.82) is 0 Å². The second-order valence-corrected chi connectivity index (χ2v) is 10.5. The molecule has 1 aliphatic rings. The lowest BCUT2D eigenvalue weighted by atomic mass is 9.72. The van der Waals surface area contributed by atoms with Gasteiger partial charge in [0.1, 0.15) is 0 Å². The molecule has 2 heterocycles. The van der Waals surface area contributed by atoms with E-state index in [2.05, 4.69) is 69.2 Å². The van der Waals surface area contributed by atoms with Gasteiger partial charge >= 0.3 is 0 Å². The lowest BCUT2D eigenvalue weighted by Gasteiger charge is -2.33. The van der Waals surface area contributed by atoms with Crippen LogP contribution in [0.25, 0.3) is 10.2 Å². The Kier molecular flexibility index (Phi) is 4.90. The summed E-state index contributed by atoms with van der Waals surface area (Å²) in [6.45, 7) is 11.8. The van der Waals surface area contributed by atoms with Crippen molar-refractivity contribution in [3.8, 4) is 0 Å². The van der Waals surface area contributed by atoms with E-state index in [4.69, 9.17) is 0 Å². The first-order chi connectivity index (χ1) is 13.2. The van der Waals surface area contributed by atoms with E-state index in [1.165, 1.54) is 20.7 Å². The highest BCUT2D eigenvalue weighted by Gasteiger charge is 2.31. The third kappa shape index (κ3) is 3.52. The fourth-order valence-electron chi connectivity index (χ4n) is 4.15. The molecular formula is C23H29N3OS. The average Bonchev–Trinajstić information content (AvgIpc) is 3.02. The van der Waals surface area contributed by atoms with Crippen molar-refractivity contribution in [1.82, 2.24) is 15.0 Å². The van der Waals surface area contributed by atoms with E-state index in [1.54, 1.807) is 11.3 Å². The van der Waals surface area contributed by atoms with Gasteiger partial charge in [-0.2, -0.15) is 0 Å². The smallest absolute Gasteiger partial charge is 0.267 e. The molecule has 0 amide bonds. The van der Waals surface area contributed by atoms with Crippen LogP contribution in [0, 0.1) is 11.3 Å². The first-order valence-corrected chi connectivity index (χ1v) is 11.0. The van der Waals surface area contributed by atoms with E-state index < -0.39 is 0 Å². The van der Waals surface area contributed by atoms with Crippen LogP contribution in [0.4, 0.5) is 0 Å². The number of benzene rings is 1. The molecule has 0 saturated carbocycles. The van der Waals surface area contributed by atoms with Gasteiger partial charge in [-0.1, -0.05) is 64.1 Å². The van der Waals surface area contributed by atoms with Gasteiger partial charge in [-0.25, -0.2) is 4.68 Å². The molecule has 1 atom stereocenters. The van der Waals surface area contributed by atoms with Crippen LogP contribution in [-0.4, -0.2) is 15.0 Å². The largest absolute Gasteiger partial charge is 0.279 e. The van der Waals surface area contributed by atoms with Crippen molar-refractivity contribution in [2.75, 3.05) is 0 Å². The number of aryl methyl sites for hydroxylation is 1. The molecular weight excluding hydrogens is 366 g/mol. The molecule has 28 heavy (non-hydrogen) atoms. The summed E-state index contributed by atoms with van der Waals surface area (Å²) >= 11 is 1.67. The van der Waals surface area contributed by atoms with E-state index in [0.717, 1.165) is 35.0 Å². The number of nitrogens with zero attached hydrogens (tertiary/aromatic N) is 3. The minimum absolute atomic E-state index is 0.00430. The molecule has 148 valence electrons. The predicted molar refractivity (Wildman–Crippen MR) is 116 cm³/mol. The van der Waals surface area contributed by atoms with Gasteiger partial charge in [-0.3, -0.25) is 4.79 Å². The quantitative estimate of drug-likeness (QED) is 0.614. The number of aromatic nitrogens is 3. The van der Waals surface area contributed by atoms with E-state index in [1.807, 2.05) is 0 Å². The van der Waals surface area contributed by atoms with Gasteiger partial charge in [0.2, 0.25) is 0 Å².